The molecule has 0 bridgehead atoms. The van der Waals surface area contributed by atoms with Crippen LogP contribution in [-0.4, -0.2) is 47.2 Å². The predicted octanol–water partition coefficient (Wildman–Crippen LogP) is 3.25. The first kappa shape index (κ1) is 19.4. The van der Waals surface area contributed by atoms with Gasteiger partial charge in [0.2, 0.25) is 5.91 Å². The highest BCUT2D eigenvalue weighted by Crippen LogP contribution is 2.17. The highest BCUT2D eigenvalue weighted by atomic mass is 35.5. The van der Waals surface area contributed by atoms with Gasteiger partial charge in [-0.1, -0.05) is 23.7 Å². The zero-order chi connectivity index (χ0) is 20.1. The molecule has 0 atom stereocenters. The molecule has 0 unspecified atom stereocenters. The van der Waals surface area contributed by atoms with Crippen LogP contribution in [0.3, 0.4) is 0 Å². The Labute approximate surface area is 167 Å². The van der Waals surface area contributed by atoms with E-state index in [-0.39, 0.29) is 24.1 Å². The van der Waals surface area contributed by atoms with E-state index in [1.54, 1.807) is 73.6 Å². The Morgan fingerprint density at radius 3 is 2.71 bits per heavy atom. The number of hydrogen-bond acceptors (Lipinski definition) is 4. The van der Waals surface area contributed by atoms with E-state index in [1.165, 1.54) is 4.90 Å². The molecule has 2 aromatic carbocycles. The standard InChI is InChI=1S/C20H19ClN4O3/c1-24(13-19(26)22-15-6-4-8-17(12-15)28-2)20(27)18-9-10-25(23-18)16-7-3-5-14(21)11-16/h3-12H,13H2,1-2H3,(H,22,26). The molecule has 0 saturated heterocycles. The van der Waals surface area contributed by atoms with Gasteiger partial charge in [0.15, 0.2) is 5.69 Å². The average Bonchev–Trinajstić information content (AvgIpc) is 3.17. The van der Waals surface area contributed by atoms with Crippen LogP contribution in [0.5, 0.6) is 5.75 Å². The number of rotatable bonds is 6. The third kappa shape index (κ3) is 4.69. The van der Waals surface area contributed by atoms with Gasteiger partial charge in [-0.25, -0.2) is 4.68 Å². The van der Waals surface area contributed by atoms with Gasteiger partial charge in [-0.05, 0) is 36.4 Å². The van der Waals surface area contributed by atoms with Crippen molar-refractivity contribution in [3.63, 3.8) is 0 Å². The molecule has 0 aliphatic heterocycles. The SMILES string of the molecule is COc1cccc(NC(=O)CN(C)C(=O)c2ccn(-c3cccc(Cl)c3)n2)c1. The lowest BCUT2D eigenvalue weighted by Crippen LogP contribution is -2.35. The number of ether oxygens (including phenoxy) is 1. The zero-order valence-corrected chi connectivity index (χ0v) is 16.2. The van der Waals surface area contributed by atoms with Crippen LogP contribution in [-0.2, 0) is 4.79 Å². The molecule has 28 heavy (non-hydrogen) atoms. The number of likely N-dealkylation sites (N-methyl/N-ethyl adjacent to an activating group) is 1. The maximum absolute atomic E-state index is 12.6. The lowest BCUT2D eigenvalue weighted by molar-refractivity contribution is -0.116. The van der Waals surface area contributed by atoms with Crippen LogP contribution >= 0.6 is 11.6 Å². The summed E-state index contributed by atoms with van der Waals surface area (Å²) in [7, 11) is 3.10. The largest absolute Gasteiger partial charge is 0.497 e. The molecular weight excluding hydrogens is 380 g/mol. The molecule has 3 aromatic rings. The Kier molecular flexibility index (Phi) is 5.96. The molecule has 8 heteroatoms. The molecule has 0 aliphatic carbocycles. The molecule has 1 N–H and O–H groups in total. The summed E-state index contributed by atoms with van der Waals surface area (Å²) in [5.41, 5.74) is 1.57. The third-order valence-electron chi connectivity index (χ3n) is 3.96. The Hall–Kier alpha value is -3.32. The van der Waals surface area contributed by atoms with Crippen LogP contribution in [0.1, 0.15) is 10.5 Å². The van der Waals surface area contributed by atoms with E-state index in [2.05, 4.69) is 10.4 Å². The van der Waals surface area contributed by atoms with Crippen LogP contribution in [0.4, 0.5) is 5.69 Å². The number of aromatic nitrogens is 2. The smallest absolute Gasteiger partial charge is 0.274 e. The average molecular weight is 399 g/mol. The van der Waals surface area contributed by atoms with E-state index in [0.717, 1.165) is 5.69 Å². The highest BCUT2D eigenvalue weighted by molar-refractivity contribution is 6.30. The van der Waals surface area contributed by atoms with E-state index in [1.807, 2.05) is 6.07 Å². The monoisotopic (exact) mass is 398 g/mol. The number of benzene rings is 2. The van der Waals surface area contributed by atoms with Crippen molar-refractivity contribution in [1.29, 1.82) is 0 Å². The number of carbonyl (C=O) groups is 2. The first-order valence-electron chi connectivity index (χ1n) is 8.47. The van der Waals surface area contributed by atoms with Crippen LogP contribution in [0.2, 0.25) is 5.02 Å². The van der Waals surface area contributed by atoms with Crippen molar-refractivity contribution < 1.29 is 14.3 Å². The van der Waals surface area contributed by atoms with Crippen molar-refractivity contribution in [3.8, 4) is 11.4 Å². The summed E-state index contributed by atoms with van der Waals surface area (Å²) in [6.45, 7) is -0.111. The van der Waals surface area contributed by atoms with Gasteiger partial charge in [-0.15, -0.1) is 0 Å². The number of nitrogens with zero attached hydrogens (tertiary/aromatic N) is 3. The highest BCUT2D eigenvalue weighted by Gasteiger charge is 2.18. The lowest BCUT2D eigenvalue weighted by Gasteiger charge is -2.15. The Balaban J connectivity index is 1.63. The number of halogens is 1. The normalized spacial score (nSPS) is 10.4. The number of amides is 2. The minimum Gasteiger partial charge on any atom is -0.497 e. The summed E-state index contributed by atoms with van der Waals surface area (Å²) in [5, 5.41) is 7.59. The molecule has 1 heterocycles. The Bertz CT molecular complexity index is 1000. The molecule has 2 amide bonds. The van der Waals surface area contributed by atoms with E-state index in [4.69, 9.17) is 16.3 Å². The zero-order valence-electron chi connectivity index (χ0n) is 15.4. The van der Waals surface area contributed by atoms with E-state index >= 15 is 0 Å². The Morgan fingerprint density at radius 2 is 1.96 bits per heavy atom. The lowest BCUT2D eigenvalue weighted by atomic mass is 10.3. The van der Waals surface area contributed by atoms with Crippen LogP contribution in [0.15, 0.2) is 60.8 Å². The van der Waals surface area contributed by atoms with Crippen molar-refractivity contribution in [1.82, 2.24) is 14.7 Å². The maximum atomic E-state index is 12.6. The maximum Gasteiger partial charge on any atom is 0.274 e. The molecule has 1 aromatic heterocycles. The van der Waals surface area contributed by atoms with Crippen LogP contribution in [0.25, 0.3) is 5.69 Å². The van der Waals surface area contributed by atoms with Crippen molar-refractivity contribution in [2.45, 2.75) is 0 Å². The molecule has 0 saturated carbocycles. The number of anilines is 1. The van der Waals surface area contributed by atoms with Crippen LogP contribution < -0.4 is 10.1 Å². The van der Waals surface area contributed by atoms with Gasteiger partial charge in [0.05, 0.1) is 19.3 Å². The molecule has 0 spiro atoms. The molecule has 144 valence electrons. The van der Waals surface area contributed by atoms with E-state index in [9.17, 15) is 9.59 Å². The molecular formula is C20H19ClN4O3. The second-order valence-electron chi connectivity index (χ2n) is 6.07. The number of hydrogen-bond donors (Lipinski definition) is 1. The van der Waals surface area contributed by atoms with Crippen molar-refractivity contribution in [3.05, 3.63) is 71.5 Å². The van der Waals surface area contributed by atoms with Crippen molar-refractivity contribution in [2.24, 2.45) is 0 Å². The summed E-state index contributed by atoms with van der Waals surface area (Å²) < 4.78 is 6.68. The summed E-state index contributed by atoms with van der Waals surface area (Å²) in [6.07, 6.45) is 1.67. The molecule has 3 rings (SSSR count). The summed E-state index contributed by atoms with van der Waals surface area (Å²) >= 11 is 5.99. The van der Waals surface area contributed by atoms with Crippen molar-refractivity contribution in [2.75, 3.05) is 26.0 Å². The van der Waals surface area contributed by atoms with Gasteiger partial charge in [0.25, 0.3) is 5.91 Å². The first-order chi connectivity index (χ1) is 13.5. The van der Waals surface area contributed by atoms with Crippen LogP contribution in [0, 0.1) is 0 Å². The molecule has 0 aliphatic rings. The molecule has 0 fully saturated rings. The number of methoxy groups -OCH3 is 1. The minimum absolute atomic E-state index is 0.111. The third-order valence-corrected chi connectivity index (χ3v) is 4.20. The van der Waals surface area contributed by atoms with Gasteiger partial charge in [0, 0.05) is 30.0 Å². The van der Waals surface area contributed by atoms with Gasteiger partial charge in [0.1, 0.15) is 5.75 Å². The van der Waals surface area contributed by atoms with E-state index in [0.29, 0.717) is 16.5 Å². The molecule has 7 nitrogen and oxygen atoms in total. The van der Waals surface area contributed by atoms with E-state index < -0.39 is 0 Å². The summed E-state index contributed by atoms with van der Waals surface area (Å²) in [6, 6.07) is 15.7. The fourth-order valence-corrected chi connectivity index (χ4v) is 2.77. The summed E-state index contributed by atoms with van der Waals surface area (Å²) in [4.78, 5) is 26.1. The van der Waals surface area contributed by atoms with Crippen molar-refractivity contribution >= 4 is 29.1 Å². The second-order valence-corrected chi connectivity index (χ2v) is 6.50. The fourth-order valence-electron chi connectivity index (χ4n) is 2.58. The fraction of sp³-hybridized carbons (Fsp3) is 0.150. The first-order valence-corrected chi connectivity index (χ1v) is 8.85. The van der Waals surface area contributed by atoms with Gasteiger partial charge in [-0.2, -0.15) is 5.10 Å². The number of nitrogens with one attached hydrogen (secondary N) is 1. The topological polar surface area (TPSA) is 76.5 Å². The summed E-state index contributed by atoms with van der Waals surface area (Å²) in [5.74, 6) is -0.0475. The predicted molar refractivity (Wildman–Crippen MR) is 107 cm³/mol. The second kappa shape index (κ2) is 8.58. The van der Waals surface area contributed by atoms with Gasteiger partial charge in [-0.3, -0.25) is 9.59 Å². The minimum atomic E-state index is -0.360. The quantitative estimate of drug-likeness (QED) is 0.691. The van der Waals surface area contributed by atoms with Gasteiger partial charge < -0.3 is 15.0 Å². The van der Waals surface area contributed by atoms with Gasteiger partial charge >= 0.3 is 0 Å². The molecule has 0 radical (unpaired) electrons. The Morgan fingerprint density at radius 1 is 1.18 bits per heavy atom. The number of carbonyl (C=O) groups excluding carboxylic acids is 2.